The minimum Gasteiger partial charge on any atom is -0.381 e. The summed E-state index contributed by atoms with van der Waals surface area (Å²) in [4.78, 5) is 0. The Morgan fingerprint density at radius 3 is 2.44 bits per heavy atom. The van der Waals surface area contributed by atoms with Gasteiger partial charge >= 0.3 is 0 Å². The highest BCUT2D eigenvalue weighted by Crippen LogP contribution is 2.04. The molecule has 0 fully saturated rings. The molecule has 0 rings (SSSR count). The fraction of sp³-hybridized carbons (Fsp3) is 1.00. The molecule has 0 atom stereocenters. The van der Waals surface area contributed by atoms with Crippen molar-refractivity contribution in [2.75, 3.05) is 31.3 Å². The summed E-state index contributed by atoms with van der Waals surface area (Å²) >= 11 is 2.01. The highest BCUT2D eigenvalue weighted by molar-refractivity contribution is 7.99. The van der Waals surface area contributed by atoms with Crippen molar-refractivity contribution in [1.29, 1.82) is 0 Å². The molecule has 16 heavy (non-hydrogen) atoms. The van der Waals surface area contributed by atoms with E-state index in [4.69, 9.17) is 4.74 Å². The van der Waals surface area contributed by atoms with E-state index in [2.05, 4.69) is 39.9 Å². The zero-order valence-corrected chi connectivity index (χ0v) is 12.5. The standard InChI is InChI=1S/C13H29NOS/c1-12(2)11-15-8-6-9-16-10-7-14-13(3,4)5/h12,14H,6-11H2,1-5H3. The number of hydrogen-bond donors (Lipinski definition) is 1. The molecule has 0 saturated heterocycles. The molecule has 0 unspecified atom stereocenters. The molecule has 3 heteroatoms. The zero-order chi connectivity index (χ0) is 12.4. The fourth-order valence-corrected chi connectivity index (χ4v) is 1.95. The number of thioether (sulfide) groups is 1. The van der Waals surface area contributed by atoms with Crippen LogP contribution >= 0.6 is 11.8 Å². The summed E-state index contributed by atoms with van der Waals surface area (Å²) in [5.41, 5.74) is 0.251. The lowest BCUT2D eigenvalue weighted by atomic mass is 10.1. The van der Waals surface area contributed by atoms with Crippen LogP contribution < -0.4 is 5.32 Å². The van der Waals surface area contributed by atoms with Crippen molar-refractivity contribution in [2.45, 2.75) is 46.6 Å². The van der Waals surface area contributed by atoms with Crippen LogP contribution in [0.1, 0.15) is 41.0 Å². The van der Waals surface area contributed by atoms with Gasteiger partial charge in [0.05, 0.1) is 0 Å². The van der Waals surface area contributed by atoms with Crippen molar-refractivity contribution in [3.63, 3.8) is 0 Å². The van der Waals surface area contributed by atoms with Crippen molar-refractivity contribution in [3.05, 3.63) is 0 Å². The van der Waals surface area contributed by atoms with Crippen LogP contribution in [0.2, 0.25) is 0 Å². The summed E-state index contributed by atoms with van der Waals surface area (Å²) in [6.07, 6.45) is 1.17. The van der Waals surface area contributed by atoms with Gasteiger partial charge in [0, 0.05) is 31.1 Å². The molecule has 2 nitrogen and oxygen atoms in total. The lowest BCUT2D eigenvalue weighted by Gasteiger charge is -2.20. The lowest BCUT2D eigenvalue weighted by molar-refractivity contribution is 0.111. The average molecular weight is 247 g/mol. The van der Waals surface area contributed by atoms with E-state index >= 15 is 0 Å². The fourth-order valence-electron chi connectivity index (χ4n) is 1.18. The van der Waals surface area contributed by atoms with Crippen molar-refractivity contribution >= 4 is 11.8 Å². The highest BCUT2D eigenvalue weighted by Gasteiger charge is 2.06. The van der Waals surface area contributed by atoms with Crippen LogP contribution in [-0.4, -0.2) is 36.8 Å². The van der Waals surface area contributed by atoms with Gasteiger partial charge in [0.1, 0.15) is 0 Å². The van der Waals surface area contributed by atoms with E-state index in [0.717, 1.165) is 19.8 Å². The van der Waals surface area contributed by atoms with Crippen LogP contribution in [0.4, 0.5) is 0 Å². The van der Waals surface area contributed by atoms with Crippen LogP contribution in [0.25, 0.3) is 0 Å². The van der Waals surface area contributed by atoms with Gasteiger partial charge in [-0.2, -0.15) is 11.8 Å². The third-order valence-electron chi connectivity index (χ3n) is 1.93. The Bertz CT molecular complexity index is 155. The molecule has 0 aromatic carbocycles. The molecule has 0 aromatic heterocycles. The SMILES string of the molecule is CC(C)COCCCSCCNC(C)(C)C. The summed E-state index contributed by atoms with van der Waals surface area (Å²) < 4.78 is 5.53. The Kier molecular flexibility index (Phi) is 9.47. The molecule has 0 amide bonds. The van der Waals surface area contributed by atoms with Gasteiger partial charge in [-0.3, -0.25) is 0 Å². The largest absolute Gasteiger partial charge is 0.381 e. The van der Waals surface area contributed by atoms with E-state index in [-0.39, 0.29) is 5.54 Å². The van der Waals surface area contributed by atoms with Crippen molar-refractivity contribution in [3.8, 4) is 0 Å². The van der Waals surface area contributed by atoms with Gasteiger partial charge in [0.25, 0.3) is 0 Å². The Labute approximate surface area is 106 Å². The first-order chi connectivity index (χ1) is 7.42. The monoisotopic (exact) mass is 247 g/mol. The summed E-state index contributed by atoms with van der Waals surface area (Å²) in [5.74, 6) is 3.06. The van der Waals surface area contributed by atoms with Crippen LogP contribution in [0.15, 0.2) is 0 Å². The molecule has 0 aliphatic carbocycles. The second kappa shape index (κ2) is 9.32. The van der Waals surface area contributed by atoms with E-state index in [1.807, 2.05) is 11.8 Å². The minimum absolute atomic E-state index is 0.251. The molecular weight excluding hydrogens is 218 g/mol. The molecule has 0 bridgehead atoms. The number of ether oxygens (including phenoxy) is 1. The maximum atomic E-state index is 5.53. The molecule has 1 N–H and O–H groups in total. The van der Waals surface area contributed by atoms with E-state index < -0.39 is 0 Å². The first-order valence-electron chi connectivity index (χ1n) is 6.32. The summed E-state index contributed by atoms with van der Waals surface area (Å²) in [5, 5.41) is 3.49. The Morgan fingerprint density at radius 2 is 1.88 bits per heavy atom. The molecule has 0 heterocycles. The topological polar surface area (TPSA) is 21.3 Å². The first-order valence-corrected chi connectivity index (χ1v) is 7.48. The maximum absolute atomic E-state index is 5.53. The van der Waals surface area contributed by atoms with Gasteiger partial charge in [0.15, 0.2) is 0 Å². The maximum Gasteiger partial charge on any atom is 0.0488 e. The van der Waals surface area contributed by atoms with Crippen molar-refractivity contribution < 1.29 is 4.74 Å². The van der Waals surface area contributed by atoms with Crippen LogP contribution in [0.3, 0.4) is 0 Å². The van der Waals surface area contributed by atoms with E-state index in [1.165, 1.54) is 17.9 Å². The molecular formula is C13H29NOS. The van der Waals surface area contributed by atoms with Crippen LogP contribution in [0, 0.1) is 5.92 Å². The minimum atomic E-state index is 0.251. The van der Waals surface area contributed by atoms with Crippen molar-refractivity contribution in [2.24, 2.45) is 5.92 Å². The lowest BCUT2D eigenvalue weighted by Crippen LogP contribution is -2.37. The van der Waals surface area contributed by atoms with Crippen LogP contribution in [-0.2, 0) is 4.74 Å². The Hall–Kier alpha value is 0.270. The summed E-state index contributed by atoms with van der Waals surface area (Å²) in [6.45, 7) is 13.9. The second-order valence-corrected chi connectivity index (χ2v) is 6.84. The van der Waals surface area contributed by atoms with E-state index in [1.54, 1.807) is 0 Å². The predicted molar refractivity (Wildman–Crippen MR) is 75.4 cm³/mol. The molecule has 0 aliphatic rings. The van der Waals surface area contributed by atoms with E-state index in [0.29, 0.717) is 5.92 Å². The average Bonchev–Trinajstić information content (AvgIpc) is 2.13. The molecule has 0 aliphatic heterocycles. The third kappa shape index (κ3) is 14.3. The normalized spacial score (nSPS) is 12.4. The quantitative estimate of drug-likeness (QED) is 0.632. The number of rotatable bonds is 9. The van der Waals surface area contributed by atoms with Gasteiger partial charge in [-0.15, -0.1) is 0 Å². The van der Waals surface area contributed by atoms with Gasteiger partial charge in [-0.25, -0.2) is 0 Å². The predicted octanol–water partition coefficient (Wildman–Crippen LogP) is 3.17. The third-order valence-corrected chi connectivity index (χ3v) is 3.00. The summed E-state index contributed by atoms with van der Waals surface area (Å²) in [7, 11) is 0. The van der Waals surface area contributed by atoms with Gasteiger partial charge in [-0.1, -0.05) is 13.8 Å². The first kappa shape index (κ1) is 16.3. The molecule has 0 saturated carbocycles. The molecule has 98 valence electrons. The number of hydrogen-bond acceptors (Lipinski definition) is 3. The smallest absolute Gasteiger partial charge is 0.0488 e. The van der Waals surface area contributed by atoms with E-state index in [9.17, 15) is 0 Å². The summed E-state index contributed by atoms with van der Waals surface area (Å²) in [6, 6.07) is 0. The Morgan fingerprint density at radius 1 is 1.19 bits per heavy atom. The van der Waals surface area contributed by atoms with Gasteiger partial charge < -0.3 is 10.1 Å². The number of nitrogens with one attached hydrogen (secondary N) is 1. The van der Waals surface area contributed by atoms with Crippen LogP contribution in [0.5, 0.6) is 0 Å². The second-order valence-electron chi connectivity index (χ2n) is 5.61. The van der Waals surface area contributed by atoms with Crippen molar-refractivity contribution in [1.82, 2.24) is 5.32 Å². The molecule has 0 aromatic rings. The van der Waals surface area contributed by atoms with Gasteiger partial charge in [-0.05, 0) is 38.9 Å². The zero-order valence-electron chi connectivity index (χ0n) is 11.6. The Balaban J connectivity index is 3.05. The van der Waals surface area contributed by atoms with Gasteiger partial charge in [0.2, 0.25) is 0 Å². The molecule has 0 spiro atoms. The molecule has 0 radical (unpaired) electrons. The highest BCUT2D eigenvalue weighted by atomic mass is 32.2.